The molecule has 0 unspecified atom stereocenters. The summed E-state index contributed by atoms with van der Waals surface area (Å²) in [5, 5.41) is 14.7. The fourth-order valence-electron chi connectivity index (χ4n) is 4.10. The largest absolute Gasteiger partial charge is 0.480 e. The van der Waals surface area contributed by atoms with Gasteiger partial charge in [-0.25, -0.2) is 13.6 Å². The van der Waals surface area contributed by atoms with Crippen molar-refractivity contribution in [2.75, 3.05) is 17.6 Å². The van der Waals surface area contributed by atoms with Gasteiger partial charge in [0.25, 0.3) is 5.91 Å². The van der Waals surface area contributed by atoms with Gasteiger partial charge in [-0.05, 0) is 42.5 Å². The monoisotopic (exact) mass is 445 g/mol. The lowest BCUT2D eigenvalue weighted by molar-refractivity contribution is -0.139. The van der Waals surface area contributed by atoms with Gasteiger partial charge in [0.05, 0.1) is 11.3 Å². The summed E-state index contributed by atoms with van der Waals surface area (Å²) in [6.45, 7) is 0.355. The van der Waals surface area contributed by atoms with Crippen LogP contribution in [0.15, 0.2) is 36.4 Å². The predicted octanol–water partition coefficient (Wildman–Crippen LogP) is 4.36. The SMILES string of the molecule is Nc1ccc(CCNc2cc(F)c(C(=O)N[C@@H](CC3CCCCC3)C(=O)O)cc2F)cc1. The predicted molar refractivity (Wildman–Crippen MR) is 119 cm³/mol. The van der Waals surface area contributed by atoms with Crippen LogP contribution in [0.3, 0.4) is 0 Å². The Morgan fingerprint density at radius 1 is 1.06 bits per heavy atom. The van der Waals surface area contributed by atoms with Crippen LogP contribution < -0.4 is 16.4 Å². The van der Waals surface area contributed by atoms with Gasteiger partial charge in [0.1, 0.15) is 17.7 Å². The Morgan fingerprint density at radius 3 is 2.41 bits per heavy atom. The lowest BCUT2D eigenvalue weighted by Gasteiger charge is -2.25. The van der Waals surface area contributed by atoms with E-state index in [1.165, 1.54) is 0 Å². The zero-order chi connectivity index (χ0) is 23.1. The molecule has 0 bridgehead atoms. The zero-order valence-electron chi connectivity index (χ0n) is 17.9. The number of carboxylic acids is 1. The van der Waals surface area contributed by atoms with Crippen LogP contribution >= 0.6 is 0 Å². The van der Waals surface area contributed by atoms with Crippen molar-refractivity contribution in [1.82, 2.24) is 5.32 Å². The van der Waals surface area contributed by atoms with Gasteiger partial charge in [0.15, 0.2) is 0 Å². The molecule has 0 spiro atoms. The molecule has 0 saturated heterocycles. The number of benzene rings is 2. The summed E-state index contributed by atoms with van der Waals surface area (Å²) in [6, 6.07) is 7.83. The van der Waals surface area contributed by atoms with Crippen molar-refractivity contribution in [3.05, 3.63) is 59.2 Å². The highest BCUT2D eigenvalue weighted by Crippen LogP contribution is 2.28. The Balaban J connectivity index is 1.61. The average Bonchev–Trinajstić information content (AvgIpc) is 2.77. The number of anilines is 2. The van der Waals surface area contributed by atoms with Crippen LogP contribution in [-0.2, 0) is 11.2 Å². The highest BCUT2D eigenvalue weighted by molar-refractivity contribution is 5.97. The molecule has 1 atom stereocenters. The lowest BCUT2D eigenvalue weighted by Crippen LogP contribution is -2.42. The average molecular weight is 446 g/mol. The number of carboxylic acid groups (broad SMARTS) is 1. The second kappa shape index (κ2) is 10.9. The molecule has 6 nitrogen and oxygen atoms in total. The van der Waals surface area contributed by atoms with E-state index in [2.05, 4.69) is 10.6 Å². The molecular formula is C24H29F2N3O3. The smallest absolute Gasteiger partial charge is 0.326 e. The number of hydrogen-bond acceptors (Lipinski definition) is 4. The molecule has 32 heavy (non-hydrogen) atoms. The molecule has 1 saturated carbocycles. The van der Waals surface area contributed by atoms with E-state index in [1.54, 1.807) is 12.1 Å². The molecule has 2 aromatic rings. The minimum atomic E-state index is -1.18. The topological polar surface area (TPSA) is 104 Å². The number of nitrogen functional groups attached to an aromatic ring is 1. The van der Waals surface area contributed by atoms with Gasteiger partial charge < -0.3 is 21.5 Å². The number of aliphatic carboxylic acids is 1. The van der Waals surface area contributed by atoms with E-state index in [-0.39, 0.29) is 18.0 Å². The Morgan fingerprint density at radius 2 is 1.75 bits per heavy atom. The number of nitrogens with two attached hydrogens (primary N) is 1. The third-order valence-corrected chi connectivity index (χ3v) is 5.91. The first-order valence-electron chi connectivity index (χ1n) is 10.9. The Hall–Kier alpha value is -3.16. The van der Waals surface area contributed by atoms with Crippen LogP contribution in [0.2, 0.25) is 0 Å². The normalized spacial score (nSPS) is 15.2. The molecule has 0 radical (unpaired) electrons. The van der Waals surface area contributed by atoms with Crippen molar-refractivity contribution < 1.29 is 23.5 Å². The molecule has 3 rings (SSSR count). The summed E-state index contributed by atoms with van der Waals surface area (Å²) >= 11 is 0. The number of halogens is 2. The standard InChI is InChI=1S/C24H29F2N3O3/c25-19-14-21(28-11-10-15-6-8-17(27)9-7-15)20(26)13-18(19)23(30)29-22(24(31)32)12-16-4-2-1-3-5-16/h6-9,13-14,16,22,28H,1-5,10-12,27H2,(H,29,30)(H,31,32)/t22-/m0/s1. The lowest BCUT2D eigenvalue weighted by atomic mass is 9.85. The van der Waals surface area contributed by atoms with Crippen LogP contribution in [0, 0.1) is 17.6 Å². The molecule has 172 valence electrons. The van der Waals surface area contributed by atoms with Crippen molar-refractivity contribution in [3.8, 4) is 0 Å². The quantitative estimate of drug-likeness (QED) is 0.430. The van der Waals surface area contributed by atoms with Gasteiger partial charge in [-0.15, -0.1) is 0 Å². The summed E-state index contributed by atoms with van der Waals surface area (Å²) in [5.41, 5.74) is 6.70. The Kier molecular flexibility index (Phi) is 8.03. The van der Waals surface area contributed by atoms with Gasteiger partial charge in [0, 0.05) is 18.3 Å². The van der Waals surface area contributed by atoms with E-state index in [1.807, 2.05) is 12.1 Å². The molecule has 5 N–H and O–H groups in total. The second-order valence-electron chi connectivity index (χ2n) is 8.33. The highest BCUT2D eigenvalue weighted by Gasteiger charge is 2.27. The van der Waals surface area contributed by atoms with Crippen molar-refractivity contribution in [1.29, 1.82) is 0 Å². The van der Waals surface area contributed by atoms with E-state index in [4.69, 9.17) is 5.73 Å². The first-order chi connectivity index (χ1) is 15.3. The van der Waals surface area contributed by atoms with Crippen LogP contribution in [0.5, 0.6) is 0 Å². The van der Waals surface area contributed by atoms with Crippen LogP contribution in [0.4, 0.5) is 20.2 Å². The molecule has 1 amide bonds. The van der Waals surface area contributed by atoms with Crippen LogP contribution in [0.1, 0.15) is 54.4 Å². The van der Waals surface area contributed by atoms with Gasteiger partial charge in [0.2, 0.25) is 0 Å². The number of hydrogen-bond donors (Lipinski definition) is 4. The van der Waals surface area contributed by atoms with Crippen LogP contribution in [-0.4, -0.2) is 29.6 Å². The molecule has 8 heteroatoms. The molecule has 1 aliphatic rings. The maximum absolute atomic E-state index is 14.6. The number of carbonyl (C=O) groups is 2. The van der Waals surface area contributed by atoms with E-state index < -0.39 is 35.1 Å². The highest BCUT2D eigenvalue weighted by atomic mass is 19.1. The van der Waals surface area contributed by atoms with E-state index in [9.17, 15) is 23.5 Å². The number of rotatable bonds is 9. The summed E-state index contributed by atoms with van der Waals surface area (Å²) in [5.74, 6) is -3.60. The molecule has 1 fully saturated rings. The number of amides is 1. The minimum absolute atomic E-state index is 0.0634. The second-order valence-corrected chi connectivity index (χ2v) is 8.33. The van der Waals surface area contributed by atoms with Gasteiger partial charge in [-0.3, -0.25) is 4.79 Å². The summed E-state index contributed by atoms with van der Waals surface area (Å²) < 4.78 is 29.1. The molecule has 2 aromatic carbocycles. The fraction of sp³-hybridized carbons (Fsp3) is 0.417. The third kappa shape index (κ3) is 6.42. The van der Waals surface area contributed by atoms with Crippen molar-refractivity contribution in [3.63, 3.8) is 0 Å². The zero-order valence-corrected chi connectivity index (χ0v) is 17.9. The molecular weight excluding hydrogens is 416 g/mol. The third-order valence-electron chi connectivity index (χ3n) is 5.91. The Bertz CT molecular complexity index is 944. The molecule has 1 aliphatic carbocycles. The van der Waals surface area contributed by atoms with Crippen molar-refractivity contribution in [2.45, 2.75) is 51.0 Å². The van der Waals surface area contributed by atoms with E-state index >= 15 is 0 Å². The molecule has 0 aliphatic heterocycles. The van der Waals surface area contributed by atoms with Gasteiger partial charge in [-0.2, -0.15) is 0 Å². The van der Waals surface area contributed by atoms with Crippen LogP contribution in [0.25, 0.3) is 0 Å². The Labute approximate surface area is 186 Å². The van der Waals surface area contributed by atoms with E-state index in [0.29, 0.717) is 18.7 Å². The summed E-state index contributed by atoms with van der Waals surface area (Å²) in [4.78, 5) is 24.1. The molecule has 0 aromatic heterocycles. The summed E-state index contributed by atoms with van der Waals surface area (Å²) in [6.07, 6.45) is 5.90. The minimum Gasteiger partial charge on any atom is -0.480 e. The van der Waals surface area contributed by atoms with Gasteiger partial charge >= 0.3 is 5.97 Å². The fourth-order valence-corrected chi connectivity index (χ4v) is 4.10. The van der Waals surface area contributed by atoms with E-state index in [0.717, 1.165) is 49.8 Å². The maximum Gasteiger partial charge on any atom is 0.326 e. The summed E-state index contributed by atoms with van der Waals surface area (Å²) in [7, 11) is 0. The van der Waals surface area contributed by atoms with Crippen molar-refractivity contribution >= 4 is 23.3 Å². The van der Waals surface area contributed by atoms with Crippen molar-refractivity contribution in [2.24, 2.45) is 5.92 Å². The maximum atomic E-state index is 14.6. The first kappa shape index (κ1) is 23.5. The van der Waals surface area contributed by atoms with Gasteiger partial charge in [-0.1, -0.05) is 44.2 Å². The first-order valence-corrected chi connectivity index (χ1v) is 10.9. The number of carbonyl (C=O) groups excluding carboxylic acids is 1. The molecule has 0 heterocycles. The number of nitrogens with one attached hydrogen (secondary N) is 2.